The van der Waals surface area contributed by atoms with Crippen molar-refractivity contribution in [2.75, 3.05) is 66.1 Å². The summed E-state index contributed by atoms with van der Waals surface area (Å²) in [7, 11) is -12.3. The van der Waals surface area contributed by atoms with Crippen molar-refractivity contribution in [1.82, 2.24) is 9.44 Å². The van der Waals surface area contributed by atoms with Crippen molar-refractivity contribution in [2.45, 2.75) is 141 Å². The maximum atomic E-state index is 13.6. The molecule has 6 rings (SSSR count). The molecule has 0 unspecified atom stereocenters. The molecular formula is C58H74F6N2O13S2. The molecule has 4 aromatic rings. The Morgan fingerprint density at radius 1 is 0.407 bits per heavy atom. The predicted molar refractivity (Wildman–Crippen MR) is 292 cm³/mol. The first-order chi connectivity index (χ1) is 37.2. The first-order valence-electron chi connectivity index (χ1n) is 26.4. The number of fused-ring (bicyclic) bond motifs is 4. The second-order valence-electron chi connectivity index (χ2n) is 24.3. The van der Waals surface area contributed by atoms with Crippen LogP contribution in [0.3, 0.4) is 0 Å². The molecule has 15 nitrogen and oxygen atoms in total. The molecule has 0 fully saturated rings. The topological polar surface area (TPSA) is 191 Å². The molecule has 0 atom stereocenters. The number of rotatable bonds is 8. The number of carbonyl (C=O) groups excluding carboxylic acids is 2. The van der Waals surface area contributed by atoms with Crippen molar-refractivity contribution < 1.29 is 85.9 Å². The fourth-order valence-electron chi connectivity index (χ4n) is 9.06. The van der Waals surface area contributed by atoms with Gasteiger partial charge in [-0.2, -0.15) is 43.2 Å². The van der Waals surface area contributed by atoms with Gasteiger partial charge in [0.15, 0.2) is 13.2 Å². The van der Waals surface area contributed by atoms with E-state index in [0.29, 0.717) is 44.9 Å². The van der Waals surface area contributed by atoms with Crippen molar-refractivity contribution in [3.63, 3.8) is 0 Å². The summed E-state index contributed by atoms with van der Waals surface area (Å²) in [6.07, 6.45) is -0.0690. The van der Waals surface area contributed by atoms with Crippen LogP contribution in [0.5, 0.6) is 23.0 Å². The second-order valence-corrected chi connectivity index (χ2v) is 27.6. The van der Waals surface area contributed by atoms with E-state index in [4.69, 9.17) is 33.2 Å². The largest absolute Gasteiger partial charge is 0.516 e. The first kappa shape index (κ1) is 64.5. The van der Waals surface area contributed by atoms with Crippen molar-refractivity contribution in [1.29, 1.82) is 0 Å². The van der Waals surface area contributed by atoms with Gasteiger partial charge < -0.3 is 33.2 Å². The van der Waals surface area contributed by atoms with E-state index in [1.165, 1.54) is 0 Å². The molecule has 2 amide bonds. The molecule has 10 bridgehead atoms. The minimum Gasteiger partial charge on any atom is -0.491 e. The van der Waals surface area contributed by atoms with E-state index >= 15 is 0 Å². The van der Waals surface area contributed by atoms with Crippen LogP contribution < -0.4 is 28.4 Å². The van der Waals surface area contributed by atoms with E-state index in [2.05, 4.69) is 12.1 Å². The number of hydrogen-bond donors (Lipinski definition) is 2. The Morgan fingerprint density at radius 3 is 0.877 bits per heavy atom. The summed E-state index contributed by atoms with van der Waals surface area (Å²) in [6, 6.07) is 15.2. The highest BCUT2D eigenvalue weighted by Gasteiger charge is 2.48. The lowest BCUT2D eigenvalue weighted by Crippen LogP contribution is -2.42. The highest BCUT2D eigenvalue weighted by molar-refractivity contribution is 7.91. The third-order valence-electron chi connectivity index (χ3n) is 13.5. The maximum Gasteiger partial charge on any atom is 0.516 e. The van der Waals surface area contributed by atoms with Crippen molar-refractivity contribution in [3.05, 3.63) is 115 Å². The van der Waals surface area contributed by atoms with Crippen LogP contribution in [0.15, 0.2) is 48.5 Å². The molecule has 2 aliphatic rings. The van der Waals surface area contributed by atoms with Gasteiger partial charge in [0.05, 0.1) is 39.6 Å². The van der Waals surface area contributed by atoms with Crippen molar-refractivity contribution in [3.8, 4) is 23.0 Å². The van der Waals surface area contributed by atoms with Gasteiger partial charge in [0, 0.05) is 25.7 Å². The number of amides is 2. The molecule has 0 aromatic heterocycles. The molecular weight excluding hydrogens is 1110 g/mol. The van der Waals surface area contributed by atoms with Crippen molar-refractivity contribution in [2.24, 2.45) is 0 Å². The number of carbonyl (C=O) groups is 2. The van der Waals surface area contributed by atoms with Gasteiger partial charge in [-0.15, -0.1) is 0 Å². The van der Waals surface area contributed by atoms with Crippen molar-refractivity contribution >= 4 is 31.9 Å². The van der Waals surface area contributed by atoms with E-state index in [-0.39, 0.29) is 101 Å². The Hall–Kier alpha value is -5.62. The lowest BCUT2D eigenvalue weighted by atomic mass is 9.79. The molecule has 0 saturated heterocycles. The van der Waals surface area contributed by atoms with E-state index in [0.717, 1.165) is 31.7 Å². The first-order valence-corrected chi connectivity index (χ1v) is 29.3. The van der Waals surface area contributed by atoms with Gasteiger partial charge >= 0.3 is 31.1 Å². The molecule has 1 aliphatic carbocycles. The quantitative estimate of drug-likeness (QED) is 0.140. The SMILES string of the molecule is CC(C)(C)c1cc2c3c(c1)Cc1cc(C(C)(C)C)cc(c1OCC(=O)NS(=O)(=O)C(F)(F)F)Cc1cc(C(C)(C)C)cc(c1OCC(=O)NS(=O)(=O)C(F)(F)F)Cc1cc(C(C)(C)C)cc(c1OCCOCCOCCOCCO3)C2. The Bertz CT molecular complexity index is 2980. The minimum absolute atomic E-state index is 0.0197. The molecule has 1 heterocycles. The highest BCUT2D eigenvalue weighted by atomic mass is 32.2. The summed E-state index contributed by atoms with van der Waals surface area (Å²) >= 11 is 0. The molecule has 2 N–H and O–H groups in total. The number of hydrogen-bond acceptors (Lipinski definition) is 13. The summed E-state index contributed by atoms with van der Waals surface area (Å²) < 4.78 is 177. The third kappa shape index (κ3) is 16.8. The maximum absolute atomic E-state index is 13.6. The van der Waals surface area contributed by atoms with Crippen LogP contribution in [0.2, 0.25) is 0 Å². The Morgan fingerprint density at radius 2 is 0.630 bits per heavy atom. The van der Waals surface area contributed by atoms with Crippen LogP contribution in [-0.2, 0) is 91.2 Å². The van der Waals surface area contributed by atoms with Crippen LogP contribution in [0, 0.1) is 0 Å². The number of halogens is 6. The zero-order valence-electron chi connectivity index (χ0n) is 47.9. The predicted octanol–water partition coefficient (Wildman–Crippen LogP) is 10.1. The smallest absolute Gasteiger partial charge is 0.491 e. The second kappa shape index (κ2) is 24.7. The summed E-state index contributed by atoms with van der Waals surface area (Å²) in [5, 5.41) is 0. The molecule has 448 valence electrons. The fraction of sp³-hybridized carbons (Fsp3) is 0.552. The Labute approximate surface area is 471 Å². The molecule has 4 aromatic carbocycles. The van der Waals surface area contributed by atoms with Gasteiger partial charge in [0.25, 0.3) is 11.8 Å². The molecule has 0 radical (unpaired) electrons. The standard InChI is InChI=1S/C58H74F6N2O13S2/c1-53(2,3)43-25-35-21-36-26-44(54(4,5)6)28-38-23-40-30-46(56(10,11)12)32-42(52(40)79-34-48(68)66-81(71,72)58(62,63)64)24-41-31-45(55(7,8)9)29-39(51(41)78-33-47(67)65-80(69,70)57(59,60)61)22-37(27-43)49(35)76-19-17-74-15-13-73-14-16-75-18-20-77-50(36)38/h25-32H,13-24,33-34H2,1-12H3,(H,65,67)(H,66,68). The third-order valence-corrected chi connectivity index (χ3v) is 15.7. The summed E-state index contributed by atoms with van der Waals surface area (Å²) in [5.41, 5.74) is -6.72. The number of ether oxygens (including phenoxy) is 7. The van der Waals surface area contributed by atoms with E-state index in [1.54, 1.807) is 12.1 Å². The zero-order valence-corrected chi connectivity index (χ0v) is 49.5. The van der Waals surface area contributed by atoms with Crippen LogP contribution in [0.4, 0.5) is 26.3 Å². The lowest BCUT2D eigenvalue weighted by molar-refractivity contribution is -0.122. The molecule has 1 aliphatic heterocycles. The number of sulfonamides is 2. The minimum atomic E-state index is -6.17. The molecule has 0 saturated carbocycles. The average molecular weight is 1190 g/mol. The Balaban J connectivity index is 1.78. The van der Waals surface area contributed by atoms with Crippen LogP contribution in [-0.4, -0.2) is 106 Å². The van der Waals surface area contributed by atoms with E-state index in [1.807, 2.05) is 107 Å². The Kier molecular flexibility index (Phi) is 19.7. The number of nitrogens with one attached hydrogen (secondary N) is 2. The van der Waals surface area contributed by atoms with Gasteiger partial charge in [0.2, 0.25) is 0 Å². The van der Waals surface area contributed by atoms with Gasteiger partial charge in [-0.25, -0.2) is 9.44 Å². The van der Waals surface area contributed by atoms with Gasteiger partial charge in [-0.05, 0) is 88.4 Å². The molecule has 0 spiro atoms. The molecule has 81 heavy (non-hydrogen) atoms. The number of benzene rings is 4. The number of alkyl halides is 6. The fourth-order valence-corrected chi connectivity index (χ4v) is 10.0. The lowest BCUT2D eigenvalue weighted by Gasteiger charge is -2.29. The summed E-state index contributed by atoms with van der Waals surface area (Å²) in [6.45, 7) is 23.0. The zero-order chi connectivity index (χ0) is 60.3. The average Bonchev–Trinajstić information content (AvgIpc) is 3.34. The monoisotopic (exact) mass is 1180 g/mol. The van der Waals surface area contributed by atoms with Crippen LogP contribution in [0.1, 0.15) is 150 Å². The van der Waals surface area contributed by atoms with Gasteiger partial charge in [-0.3, -0.25) is 9.59 Å². The summed E-state index contributed by atoms with van der Waals surface area (Å²) in [4.78, 5) is 26.7. The van der Waals surface area contributed by atoms with Crippen LogP contribution >= 0.6 is 0 Å². The van der Waals surface area contributed by atoms with Gasteiger partial charge in [-0.1, -0.05) is 132 Å². The van der Waals surface area contributed by atoms with Crippen LogP contribution in [0.25, 0.3) is 0 Å². The van der Waals surface area contributed by atoms with Gasteiger partial charge in [0.1, 0.15) is 36.2 Å². The molecule has 23 heteroatoms. The normalized spacial score (nSPS) is 15.9. The van der Waals surface area contributed by atoms with E-state index < -0.39 is 77.8 Å². The highest BCUT2D eigenvalue weighted by Crippen LogP contribution is 2.45. The summed E-state index contributed by atoms with van der Waals surface area (Å²) in [5.74, 6) is -2.45. The van der Waals surface area contributed by atoms with E-state index in [9.17, 15) is 52.8 Å².